The molecule has 0 aromatic heterocycles. The van der Waals surface area contributed by atoms with Gasteiger partial charge in [0.1, 0.15) is 0 Å². The molecular weight excluding hydrogens is 134 g/mol. The van der Waals surface area contributed by atoms with Crippen molar-refractivity contribution in [2.75, 3.05) is 12.4 Å². The summed E-state index contributed by atoms with van der Waals surface area (Å²) in [5.41, 5.74) is 0. The van der Waals surface area contributed by atoms with Gasteiger partial charge in [0.15, 0.2) is 11.5 Å². The van der Waals surface area contributed by atoms with Crippen LogP contribution in [0.25, 0.3) is 0 Å². The average Bonchev–Trinajstić information content (AvgIpc) is 1.69. The Bertz CT molecular complexity index is 81.0. The summed E-state index contributed by atoms with van der Waals surface area (Å²) in [5.74, 6) is 0.587. The van der Waals surface area contributed by atoms with Gasteiger partial charge in [0.2, 0.25) is 0 Å². The van der Waals surface area contributed by atoms with Gasteiger partial charge < -0.3 is 0 Å². The van der Waals surface area contributed by atoms with Gasteiger partial charge >= 0.3 is 0 Å². The van der Waals surface area contributed by atoms with E-state index in [-0.39, 0.29) is 11.5 Å². The summed E-state index contributed by atoms with van der Waals surface area (Å²) in [4.78, 5) is 0. The van der Waals surface area contributed by atoms with Crippen LogP contribution in [-0.4, -0.2) is 16.6 Å². The summed E-state index contributed by atoms with van der Waals surface area (Å²) >= 11 is 5.52. The predicted octanol–water partition coefficient (Wildman–Crippen LogP) is 1.01. The van der Waals surface area contributed by atoms with Crippen molar-refractivity contribution in [3.63, 3.8) is 0 Å². The first kappa shape index (κ1) is 7.11. The summed E-state index contributed by atoms with van der Waals surface area (Å²) < 4.78 is 12.9. The van der Waals surface area contributed by atoms with Crippen LogP contribution in [0.1, 0.15) is 6.42 Å². The van der Waals surface area contributed by atoms with E-state index >= 15 is 0 Å². The predicted molar refractivity (Wildman–Crippen MR) is 30.8 cm³/mol. The quantitative estimate of drug-likeness (QED) is 0.424. The molecule has 0 amide bonds. The van der Waals surface area contributed by atoms with E-state index in [4.69, 9.17) is 11.6 Å². The van der Waals surface area contributed by atoms with E-state index in [1.54, 1.807) is 0 Å². The van der Waals surface area contributed by atoms with Gasteiger partial charge in [-0.05, 0) is 6.42 Å². The van der Waals surface area contributed by atoms with Crippen LogP contribution in [0.5, 0.6) is 0 Å². The summed E-state index contributed by atoms with van der Waals surface area (Å²) in [6, 6.07) is 0. The maximum Gasteiger partial charge on any atom is 0.199 e. The second-order valence-corrected chi connectivity index (χ2v) is 1.76. The summed E-state index contributed by atoms with van der Waals surface area (Å²) in [6.45, 7) is 0.581. The van der Waals surface area contributed by atoms with Crippen LogP contribution < -0.4 is 0 Å². The Morgan fingerprint density at radius 2 is 2.43 bits per heavy atom. The lowest BCUT2D eigenvalue weighted by molar-refractivity contribution is 0.696. The molecule has 0 unspecified atom stereocenters. The molecule has 0 aromatic rings. The minimum absolute atomic E-state index is 0.258. The monoisotopic (exact) mass is 139 g/mol. The highest BCUT2D eigenvalue weighted by molar-refractivity contribution is 7.54. The molecule has 0 radical (unpaired) electrons. The Kier molecular flexibility index (Phi) is 6.21. The molecule has 0 aliphatic rings. The van der Waals surface area contributed by atoms with Crippen molar-refractivity contribution in [2.24, 2.45) is 4.36 Å². The fourth-order valence-corrected chi connectivity index (χ4v) is 0.485. The zero-order valence-electron chi connectivity index (χ0n) is 3.76. The van der Waals surface area contributed by atoms with E-state index < -0.39 is 0 Å². The lowest BCUT2D eigenvalue weighted by atomic mass is 10.5. The Morgan fingerprint density at radius 3 is 2.86 bits per heavy atom. The van der Waals surface area contributed by atoms with Crippen LogP contribution >= 0.6 is 11.6 Å². The molecule has 0 spiro atoms. The second kappa shape index (κ2) is 6.11. The molecule has 0 aliphatic heterocycles. The third-order valence-electron chi connectivity index (χ3n) is 0.436. The molecule has 0 heterocycles. The molecule has 0 rings (SSSR count). The third kappa shape index (κ3) is 6.11. The highest BCUT2D eigenvalue weighted by Gasteiger charge is 1.76. The third-order valence-corrected chi connectivity index (χ3v) is 0.991. The lowest BCUT2D eigenvalue weighted by Crippen LogP contribution is -1.77. The number of alkyl halides is 1. The van der Waals surface area contributed by atoms with Crippen molar-refractivity contribution < 1.29 is 4.21 Å². The van der Waals surface area contributed by atoms with Crippen LogP contribution in [0.2, 0.25) is 0 Å². The van der Waals surface area contributed by atoms with Crippen molar-refractivity contribution in [1.82, 2.24) is 0 Å². The Morgan fingerprint density at radius 1 is 1.71 bits per heavy atom. The SMILES string of the molecule is O=S=NCCCCl. The van der Waals surface area contributed by atoms with Crippen LogP contribution in [0.15, 0.2) is 4.36 Å². The minimum atomic E-state index is 0.258. The fraction of sp³-hybridized carbons (Fsp3) is 1.00. The lowest BCUT2D eigenvalue weighted by Gasteiger charge is -1.78. The van der Waals surface area contributed by atoms with Gasteiger partial charge in [0.25, 0.3) is 0 Å². The van der Waals surface area contributed by atoms with Crippen molar-refractivity contribution >= 4 is 23.1 Å². The Hall–Kier alpha value is 0.110. The maximum absolute atomic E-state index is 9.51. The van der Waals surface area contributed by atoms with Gasteiger partial charge in [-0.25, -0.2) is 0 Å². The standard InChI is InChI=1S/C3H6ClNOS/c4-2-1-3-5-7-6/h1-3H2. The highest BCUT2D eigenvalue weighted by Crippen LogP contribution is 1.82. The minimum Gasteiger partial charge on any atom is -0.194 e. The van der Waals surface area contributed by atoms with Crippen molar-refractivity contribution in [2.45, 2.75) is 6.42 Å². The number of halogens is 1. The van der Waals surface area contributed by atoms with E-state index in [1.807, 2.05) is 0 Å². The van der Waals surface area contributed by atoms with Crippen LogP contribution in [-0.2, 0) is 11.5 Å². The molecule has 0 bridgehead atoms. The molecule has 4 heteroatoms. The Labute approximate surface area is 51.1 Å². The van der Waals surface area contributed by atoms with Crippen molar-refractivity contribution in [3.05, 3.63) is 0 Å². The molecule has 0 fully saturated rings. The second-order valence-electron chi connectivity index (χ2n) is 0.970. The maximum atomic E-state index is 9.51. The molecule has 0 N–H and O–H groups in total. The molecule has 2 nitrogen and oxygen atoms in total. The molecular formula is C3H6ClNOS. The first-order chi connectivity index (χ1) is 3.41. The Balaban J connectivity index is 2.83. The molecule has 0 aliphatic carbocycles. The zero-order valence-corrected chi connectivity index (χ0v) is 5.34. The van der Waals surface area contributed by atoms with Crippen LogP contribution in [0.3, 0.4) is 0 Å². The molecule has 0 saturated carbocycles. The number of rotatable bonds is 3. The normalized spacial score (nSPS) is 8.14. The molecule has 42 valence electrons. The summed E-state index contributed by atoms with van der Waals surface area (Å²) in [5, 5.41) is 0. The van der Waals surface area contributed by atoms with Gasteiger partial charge in [-0.15, -0.1) is 11.6 Å². The van der Waals surface area contributed by atoms with Crippen LogP contribution in [0, 0.1) is 0 Å². The van der Waals surface area contributed by atoms with E-state index in [1.165, 1.54) is 0 Å². The summed E-state index contributed by atoms with van der Waals surface area (Å²) in [6.07, 6.45) is 0.802. The number of nitrogens with zero attached hydrogens (tertiary/aromatic N) is 1. The molecule has 0 atom stereocenters. The van der Waals surface area contributed by atoms with E-state index in [9.17, 15) is 4.21 Å². The summed E-state index contributed by atoms with van der Waals surface area (Å²) in [7, 11) is 0. The number of hydrogen-bond acceptors (Lipinski definition) is 2. The van der Waals surface area contributed by atoms with E-state index in [2.05, 4.69) is 4.36 Å². The smallest absolute Gasteiger partial charge is 0.194 e. The topological polar surface area (TPSA) is 29.4 Å². The largest absolute Gasteiger partial charge is 0.199 e. The zero-order chi connectivity index (χ0) is 5.54. The number of hydrogen-bond donors (Lipinski definition) is 0. The van der Waals surface area contributed by atoms with Crippen LogP contribution in [0.4, 0.5) is 0 Å². The van der Waals surface area contributed by atoms with E-state index in [0.717, 1.165) is 6.42 Å². The van der Waals surface area contributed by atoms with Crippen molar-refractivity contribution in [1.29, 1.82) is 0 Å². The van der Waals surface area contributed by atoms with E-state index in [0.29, 0.717) is 12.4 Å². The fourth-order valence-electron chi connectivity index (χ4n) is 0.162. The van der Waals surface area contributed by atoms with Crippen molar-refractivity contribution in [3.8, 4) is 0 Å². The average molecular weight is 140 g/mol. The first-order valence-electron chi connectivity index (χ1n) is 1.93. The van der Waals surface area contributed by atoms with Gasteiger partial charge in [0.05, 0.1) is 6.54 Å². The molecule has 0 aromatic carbocycles. The van der Waals surface area contributed by atoms with Gasteiger partial charge in [-0.3, -0.25) is 0 Å². The van der Waals surface area contributed by atoms with Gasteiger partial charge in [-0.1, -0.05) is 0 Å². The first-order valence-corrected chi connectivity index (χ1v) is 3.17. The molecule has 0 saturated heterocycles. The van der Waals surface area contributed by atoms with Gasteiger partial charge in [0, 0.05) is 5.88 Å². The van der Waals surface area contributed by atoms with Gasteiger partial charge in [-0.2, -0.15) is 8.57 Å². The molecule has 7 heavy (non-hydrogen) atoms. The highest BCUT2D eigenvalue weighted by atomic mass is 35.5.